The van der Waals surface area contributed by atoms with Crippen LogP contribution in [0.3, 0.4) is 0 Å². The molecule has 1 fully saturated rings. The van der Waals surface area contributed by atoms with Crippen LogP contribution in [0.4, 0.5) is 5.82 Å². The maximum absolute atomic E-state index is 4.53. The second kappa shape index (κ2) is 6.24. The van der Waals surface area contributed by atoms with Crippen LogP contribution < -0.4 is 5.32 Å². The molecule has 3 heterocycles. The first-order valence-corrected chi connectivity index (χ1v) is 8.54. The van der Waals surface area contributed by atoms with Crippen molar-refractivity contribution in [3.63, 3.8) is 0 Å². The lowest BCUT2D eigenvalue weighted by atomic mass is 10.1. The number of pyridine rings is 1. The Bertz CT molecular complexity index is 840. The summed E-state index contributed by atoms with van der Waals surface area (Å²) < 4.78 is 0. The molecule has 0 spiro atoms. The van der Waals surface area contributed by atoms with Gasteiger partial charge in [-0.05, 0) is 37.5 Å². The lowest BCUT2D eigenvalue weighted by Gasteiger charge is -2.17. The molecule has 0 bridgehead atoms. The van der Waals surface area contributed by atoms with Crippen LogP contribution >= 0.6 is 0 Å². The summed E-state index contributed by atoms with van der Waals surface area (Å²) >= 11 is 0. The van der Waals surface area contributed by atoms with Gasteiger partial charge in [0.05, 0.1) is 5.39 Å². The molecule has 4 rings (SSSR count). The van der Waals surface area contributed by atoms with Crippen molar-refractivity contribution in [3.8, 4) is 0 Å². The van der Waals surface area contributed by atoms with E-state index in [-0.39, 0.29) is 0 Å². The molecule has 2 N–H and O–H groups in total. The number of aryl methyl sites for hydroxylation is 2. The Hall–Kier alpha value is -2.40. The Morgan fingerprint density at radius 3 is 2.92 bits per heavy atom. The maximum Gasteiger partial charge on any atom is 0.157 e. The van der Waals surface area contributed by atoms with E-state index in [4.69, 9.17) is 0 Å². The maximum atomic E-state index is 4.53. The SMILES string of the molecule is Cc1cc(C)c2c(N[C@H]3CCN(Cc4ccccc4)C3)n[nH]c2n1. The van der Waals surface area contributed by atoms with Crippen molar-refractivity contribution >= 4 is 16.9 Å². The molecule has 1 aliphatic rings. The lowest BCUT2D eigenvalue weighted by molar-refractivity contribution is 0.328. The molecule has 2 aromatic heterocycles. The zero-order chi connectivity index (χ0) is 16.5. The molecule has 124 valence electrons. The van der Waals surface area contributed by atoms with Gasteiger partial charge in [-0.25, -0.2) is 4.98 Å². The molecule has 0 radical (unpaired) electrons. The summed E-state index contributed by atoms with van der Waals surface area (Å²) in [6, 6.07) is 13.2. The van der Waals surface area contributed by atoms with E-state index in [0.717, 1.165) is 48.6 Å². The molecule has 24 heavy (non-hydrogen) atoms. The number of likely N-dealkylation sites (tertiary alicyclic amines) is 1. The van der Waals surface area contributed by atoms with Gasteiger partial charge in [-0.2, -0.15) is 5.10 Å². The number of H-pyrrole nitrogens is 1. The predicted molar refractivity (Wildman–Crippen MR) is 97.1 cm³/mol. The van der Waals surface area contributed by atoms with Gasteiger partial charge in [-0.3, -0.25) is 10.00 Å². The molecule has 1 atom stereocenters. The normalized spacial score (nSPS) is 18.3. The smallest absolute Gasteiger partial charge is 0.157 e. The van der Waals surface area contributed by atoms with Gasteiger partial charge in [0.2, 0.25) is 0 Å². The highest BCUT2D eigenvalue weighted by Gasteiger charge is 2.24. The first-order valence-electron chi connectivity index (χ1n) is 8.54. The Kier molecular flexibility index (Phi) is 3.94. The van der Waals surface area contributed by atoms with Crippen LogP contribution in [0, 0.1) is 13.8 Å². The third-order valence-corrected chi connectivity index (χ3v) is 4.72. The second-order valence-electron chi connectivity index (χ2n) is 6.73. The zero-order valence-corrected chi connectivity index (χ0v) is 14.2. The number of hydrogen-bond donors (Lipinski definition) is 2. The summed E-state index contributed by atoms with van der Waals surface area (Å²) in [6.45, 7) is 7.31. The van der Waals surface area contributed by atoms with Crippen LogP contribution in [0.15, 0.2) is 36.4 Å². The van der Waals surface area contributed by atoms with Crippen molar-refractivity contribution in [1.29, 1.82) is 0 Å². The van der Waals surface area contributed by atoms with Crippen LogP contribution in [0.5, 0.6) is 0 Å². The molecule has 1 aliphatic heterocycles. The van der Waals surface area contributed by atoms with E-state index in [1.165, 1.54) is 11.1 Å². The van der Waals surface area contributed by atoms with E-state index >= 15 is 0 Å². The number of rotatable bonds is 4. The molecule has 5 heteroatoms. The molecule has 1 saturated heterocycles. The number of anilines is 1. The van der Waals surface area contributed by atoms with E-state index in [1.807, 2.05) is 6.92 Å². The van der Waals surface area contributed by atoms with Gasteiger partial charge in [0.25, 0.3) is 0 Å². The minimum absolute atomic E-state index is 0.431. The molecule has 0 unspecified atom stereocenters. The van der Waals surface area contributed by atoms with Crippen molar-refractivity contribution in [3.05, 3.63) is 53.2 Å². The summed E-state index contributed by atoms with van der Waals surface area (Å²) in [5.41, 5.74) is 4.48. The highest BCUT2D eigenvalue weighted by molar-refractivity contribution is 5.90. The standard InChI is InChI=1S/C19H23N5/c1-13-10-14(2)20-18-17(13)19(23-22-18)21-16-8-9-24(12-16)11-15-6-4-3-5-7-15/h3-7,10,16H,8-9,11-12H2,1-2H3,(H2,20,21,22,23)/t16-/m0/s1. The minimum atomic E-state index is 0.431. The Balaban J connectivity index is 1.45. The van der Waals surface area contributed by atoms with Crippen molar-refractivity contribution in [1.82, 2.24) is 20.1 Å². The summed E-state index contributed by atoms with van der Waals surface area (Å²) in [6.07, 6.45) is 1.14. The van der Waals surface area contributed by atoms with Crippen LogP contribution in [0.2, 0.25) is 0 Å². The van der Waals surface area contributed by atoms with E-state index in [0.29, 0.717) is 6.04 Å². The van der Waals surface area contributed by atoms with Gasteiger partial charge in [-0.1, -0.05) is 30.3 Å². The average Bonchev–Trinajstić information content (AvgIpc) is 3.16. The van der Waals surface area contributed by atoms with E-state index in [1.54, 1.807) is 0 Å². The summed E-state index contributed by atoms with van der Waals surface area (Å²) in [7, 11) is 0. The van der Waals surface area contributed by atoms with Crippen molar-refractivity contribution in [2.75, 3.05) is 18.4 Å². The molecule has 5 nitrogen and oxygen atoms in total. The second-order valence-corrected chi connectivity index (χ2v) is 6.73. The van der Waals surface area contributed by atoms with Crippen molar-refractivity contribution in [2.24, 2.45) is 0 Å². The van der Waals surface area contributed by atoms with Crippen LogP contribution in [-0.2, 0) is 6.54 Å². The molecule has 0 aliphatic carbocycles. The fraction of sp³-hybridized carbons (Fsp3) is 0.368. The predicted octanol–water partition coefficient (Wildman–Crippen LogP) is 3.26. The highest BCUT2D eigenvalue weighted by Crippen LogP contribution is 2.26. The molecule has 0 saturated carbocycles. The van der Waals surface area contributed by atoms with Gasteiger partial charge in [0.15, 0.2) is 11.5 Å². The Morgan fingerprint density at radius 2 is 2.08 bits per heavy atom. The summed E-state index contributed by atoms with van der Waals surface area (Å²) in [5.74, 6) is 0.932. The molecular formula is C19H23N5. The number of benzene rings is 1. The monoisotopic (exact) mass is 321 g/mol. The van der Waals surface area contributed by atoms with Crippen LogP contribution in [0.25, 0.3) is 11.0 Å². The van der Waals surface area contributed by atoms with E-state index < -0.39 is 0 Å². The number of nitrogens with zero attached hydrogens (tertiary/aromatic N) is 3. The fourth-order valence-corrected chi connectivity index (χ4v) is 3.61. The van der Waals surface area contributed by atoms with Crippen molar-refractivity contribution in [2.45, 2.75) is 32.9 Å². The molecular weight excluding hydrogens is 298 g/mol. The van der Waals surface area contributed by atoms with Crippen molar-refractivity contribution < 1.29 is 0 Å². The van der Waals surface area contributed by atoms with Gasteiger partial charge >= 0.3 is 0 Å². The Labute approximate surface area is 142 Å². The fourth-order valence-electron chi connectivity index (χ4n) is 3.61. The third kappa shape index (κ3) is 2.99. The highest BCUT2D eigenvalue weighted by atomic mass is 15.2. The van der Waals surface area contributed by atoms with Gasteiger partial charge in [0, 0.05) is 31.4 Å². The van der Waals surface area contributed by atoms with Gasteiger partial charge in [-0.15, -0.1) is 0 Å². The minimum Gasteiger partial charge on any atom is -0.364 e. The average molecular weight is 321 g/mol. The summed E-state index contributed by atoms with van der Waals surface area (Å²) in [5, 5.41) is 12.2. The summed E-state index contributed by atoms with van der Waals surface area (Å²) in [4.78, 5) is 7.03. The first-order chi connectivity index (χ1) is 11.7. The molecule has 3 aromatic rings. The van der Waals surface area contributed by atoms with E-state index in [2.05, 4.69) is 68.7 Å². The lowest BCUT2D eigenvalue weighted by Crippen LogP contribution is -2.26. The molecule has 0 amide bonds. The first kappa shape index (κ1) is 15.1. The van der Waals surface area contributed by atoms with Gasteiger partial charge in [0.1, 0.15) is 0 Å². The number of fused-ring (bicyclic) bond motifs is 1. The van der Waals surface area contributed by atoms with E-state index in [9.17, 15) is 0 Å². The Morgan fingerprint density at radius 1 is 1.25 bits per heavy atom. The number of nitrogens with one attached hydrogen (secondary N) is 2. The topological polar surface area (TPSA) is 56.8 Å². The van der Waals surface area contributed by atoms with Crippen LogP contribution in [-0.4, -0.2) is 39.2 Å². The number of hydrogen-bond acceptors (Lipinski definition) is 4. The quantitative estimate of drug-likeness (QED) is 0.774. The largest absolute Gasteiger partial charge is 0.364 e. The number of aromatic amines is 1. The third-order valence-electron chi connectivity index (χ3n) is 4.72. The molecule has 1 aromatic carbocycles. The van der Waals surface area contributed by atoms with Gasteiger partial charge < -0.3 is 5.32 Å². The van der Waals surface area contributed by atoms with Crippen LogP contribution in [0.1, 0.15) is 23.2 Å². The zero-order valence-electron chi connectivity index (χ0n) is 14.2. The number of aromatic nitrogens is 3.